The topological polar surface area (TPSA) is 61.8 Å². The van der Waals surface area contributed by atoms with Gasteiger partial charge >= 0.3 is 6.03 Å². The second-order valence-corrected chi connectivity index (χ2v) is 4.71. The molecule has 0 fully saturated rings. The van der Waals surface area contributed by atoms with Crippen LogP contribution in [0.15, 0.2) is 24.3 Å². The Kier molecular flexibility index (Phi) is 6.87. The maximum atomic E-state index is 12.0. The van der Waals surface area contributed by atoms with Gasteiger partial charge < -0.3 is 20.1 Å². The number of para-hydroxylation sites is 1. The maximum absolute atomic E-state index is 12.0. The number of hydrogen-bond acceptors (Lipinski definition) is 3. The first-order valence-electron chi connectivity index (χ1n) is 6.92. The van der Waals surface area contributed by atoms with Crippen LogP contribution in [-0.4, -0.2) is 42.3 Å². The summed E-state index contributed by atoms with van der Waals surface area (Å²) in [5, 5.41) is 11.7. The predicted octanol–water partition coefficient (Wildman–Crippen LogP) is 2.00. The lowest BCUT2D eigenvalue weighted by atomic mass is 10.2. The number of amides is 2. The third kappa shape index (κ3) is 4.74. The molecule has 0 bridgehead atoms. The lowest BCUT2D eigenvalue weighted by Crippen LogP contribution is -2.41. The molecule has 0 aliphatic carbocycles. The minimum atomic E-state index is -0.101. The molecule has 1 aromatic rings. The number of carbonyl (C=O) groups excluding carboxylic acids is 1. The van der Waals surface area contributed by atoms with E-state index in [0.29, 0.717) is 12.3 Å². The van der Waals surface area contributed by atoms with Crippen molar-refractivity contribution in [3.05, 3.63) is 29.8 Å². The van der Waals surface area contributed by atoms with E-state index in [1.165, 1.54) is 0 Å². The molecule has 0 aliphatic heterocycles. The molecule has 5 nitrogen and oxygen atoms in total. The van der Waals surface area contributed by atoms with Gasteiger partial charge in [-0.05, 0) is 19.4 Å². The first-order chi connectivity index (χ1) is 9.60. The summed E-state index contributed by atoms with van der Waals surface area (Å²) in [6.45, 7) is 4.68. The fourth-order valence-corrected chi connectivity index (χ4v) is 1.72. The molecule has 20 heavy (non-hydrogen) atoms. The third-order valence-electron chi connectivity index (χ3n) is 3.32. The molecule has 0 saturated carbocycles. The van der Waals surface area contributed by atoms with Crippen LogP contribution in [0, 0.1) is 0 Å². The molecule has 0 aromatic heterocycles. The van der Waals surface area contributed by atoms with Crippen molar-refractivity contribution < 1.29 is 14.6 Å². The van der Waals surface area contributed by atoms with Gasteiger partial charge in [0.2, 0.25) is 0 Å². The van der Waals surface area contributed by atoms with Crippen LogP contribution in [0.2, 0.25) is 0 Å². The zero-order valence-electron chi connectivity index (χ0n) is 12.4. The molecule has 0 heterocycles. The fraction of sp³-hybridized carbons (Fsp3) is 0.533. The van der Waals surface area contributed by atoms with Crippen LogP contribution in [0.3, 0.4) is 0 Å². The number of nitrogens with zero attached hydrogens (tertiary/aromatic N) is 1. The summed E-state index contributed by atoms with van der Waals surface area (Å²) in [7, 11) is 1.79. The van der Waals surface area contributed by atoms with Crippen molar-refractivity contribution in [1.29, 1.82) is 0 Å². The zero-order valence-corrected chi connectivity index (χ0v) is 12.4. The minimum Gasteiger partial charge on any atom is -0.491 e. The average Bonchev–Trinajstić information content (AvgIpc) is 2.49. The lowest BCUT2D eigenvalue weighted by Gasteiger charge is -2.24. The third-order valence-corrected chi connectivity index (χ3v) is 3.32. The summed E-state index contributed by atoms with van der Waals surface area (Å²) in [4.78, 5) is 13.7. The van der Waals surface area contributed by atoms with Crippen LogP contribution in [0.5, 0.6) is 5.75 Å². The Morgan fingerprint density at radius 2 is 2.15 bits per heavy atom. The van der Waals surface area contributed by atoms with Crippen LogP contribution in [0.25, 0.3) is 0 Å². The van der Waals surface area contributed by atoms with Gasteiger partial charge in [0.25, 0.3) is 0 Å². The van der Waals surface area contributed by atoms with E-state index in [-0.39, 0.29) is 25.3 Å². The van der Waals surface area contributed by atoms with Gasteiger partial charge in [-0.15, -0.1) is 0 Å². The minimum absolute atomic E-state index is 0.0303. The number of aliphatic hydroxyl groups excluding tert-OH is 1. The number of benzene rings is 1. The lowest BCUT2D eigenvalue weighted by molar-refractivity contribution is 0.191. The molecular formula is C15H24N2O3. The standard InChI is InChI=1S/C15H24N2O3/c1-4-12(2)17(3)15(19)16-11-13-7-5-6-8-14(13)20-10-9-18/h5-8,12,18H,4,9-11H2,1-3H3,(H,16,19). The Labute approximate surface area is 120 Å². The van der Waals surface area contributed by atoms with Crippen molar-refractivity contribution in [2.24, 2.45) is 0 Å². The molecule has 1 atom stereocenters. The molecular weight excluding hydrogens is 256 g/mol. The maximum Gasteiger partial charge on any atom is 0.317 e. The highest BCUT2D eigenvalue weighted by Crippen LogP contribution is 2.17. The summed E-state index contributed by atoms with van der Waals surface area (Å²) in [5.41, 5.74) is 0.895. The number of carbonyl (C=O) groups is 1. The summed E-state index contributed by atoms with van der Waals surface area (Å²) in [6.07, 6.45) is 0.917. The Bertz CT molecular complexity index is 423. The van der Waals surface area contributed by atoms with Gasteiger partial charge in [0, 0.05) is 25.2 Å². The Morgan fingerprint density at radius 3 is 2.80 bits per heavy atom. The highest BCUT2D eigenvalue weighted by atomic mass is 16.5. The van der Waals surface area contributed by atoms with Crippen LogP contribution >= 0.6 is 0 Å². The number of rotatable bonds is 7. The van der Waals surface area contributed by atoms with Gasteiger partial charge in [0.15, 0.2) is 0 Å². The smallest absolute Gasteiger partial charge is 0.317 e. The molecule has 1 rings (SSSR count). The Balaban J connectivity index is 2.58. The van der Waals surface area contributed by atoms with Gasteiger partial charge in [0.1, 0.15) is 12.4 Å². The second-order valence-electron chi connectivity index (χ2n) is 4.71. The molecule has 0 saturated heterocycles. The molecule has 0 aliphatic rings. The van der Waals surface area contributed by atoms with Gasteiger partial charge in [-0.1, -0.05) is 25.1 Å². The summed E-state index contributed by atoms with van der Waals surface area (Å²) in [6, 6.07) is 7.59. The van der Waals surface area contributed by atoms with Crippen molar-refractivity contribution in [1.82, 2.24) is 10.2 Å². The molecule has 1 unspecified atom stereocenters. The van der Waals surface area contributed by atoms with Crippen LogP contribution in [0.1, 0.15) is 25.8 Å². The first-order valence-corrected chi connectivity index (χ1v) is 6.92. The summed E-state index contributed by atoms with van der Waals surface area (Å²) in [5.74, 6) is 0.688. The van der Waals surface area contributed by atoms with Gasteiger partial charge in [0.05, 0.1) is 6.61 Å². The van der Waals surface area contributed by atoms with Crippen molar-refractivity contribution in [3.63, 3.8) is 0 Å². The quantitative estimate of drug-likeness (QED) is 0.803. The van der Waals surface area contributed by atoms with Gasteiger partial charge in [-0.2, -0.15) is 0 Å². The van der Waals surface area contributed by atoms with Crippen LogP contribution < -0.4 is 10.1 Å². The average molecular weight is 280 g/mol. The van der Waals surface area contributed by atoms with E-state index in [4.69, 9.17) is 9.84 Å². The molecule has 0 spiro atoms. The van der Waals surface area contributed by atoms with E-state index >= 15 is 0 Å². The molecule has 5 heteroatoms. The summed E-state index contributed by atoms with van der Waals surface area (Å²) >= 11 is 0. The predicted molar refractivity (Wildman–Crippen MR) is 78.8 cm³/mol. The van der Waals surface area contributed by atoms with E-state index in [1.807, 2.05) is 38.1 Å². The number of ether oxygens (including phenoxy) is 1. The number of aliphatic hydroxyl groups is 1. The number of nitrogens with one attached hydrogen (secondary N) is 1. The van der Waals surface area contributed by atoms with Gasteiger partial charge in [-0.3, -0.25) is 0 Å². The second kappa shape index (κ2) is 8.43. The summed E-state index contributed by atoms with van der Waals surface area (Å²) < 4.78 is 5.43. The van der Waals surface area contributed by atoms with E-state index in [1.54, 1.807) is 11.9 Å². The highest BCUT2D eigenvalue weighted by molar-refractivity contribution is 5.74. The molecule has 2 amide bonds. The SMILES string of the molecule is CCC(C)N(C)C(=O)NCc1ccccc1OCCO. The van der Waals surface area contributed by atoms with Crippen molar-refractivity contribution in [2.75, 3.05) is 20.3 Å². The van der Waals surface area contributed by atoms with Crippen molar-refractivity contribution in [3.8, 4) is 5.75 Å². The first kappa shape index (κ1) is 16.3. The Morgan fingerprint density at radius 1 is 1.45 bits per heavy atom. The van der Waals surface area contributed by atoms with Gasteiger partial charge in [-0.25, -0.2) is 4.79 Å². The number of urea groups is 1. The molecule has 2 N–H and O–H groups in total. The van der Waals surface area contributed by atoms with Crippen LogP contribution in [0.4, 0.5) is 4.79 Å². The van der Waals surface area contributed by atoms with Crippen molar-refractivity contribution in [2.45, 2.75) is 32.9 Å². The normalized spacial score (nSPS) is 11.8. The Hall–Kier alpha value is -1.75. The van der Waals surface area contributed by atoms with E-state index < -0.39 is 0 Å². The van der Waals surface area contributed by atoms with E-state index in [9.17, 15) is 4.79 Å². The number of hydrogen-bond donors (Lipinski definition) is 2. The van der Waals surface area contributed by atoms with Crippen molar-refractivity contribution >= 4 is 6.03 Å². The van der Waals surface area contributed by atoms with Crippen LogP contribution in [-0.2, 0) is 6.54 Å². The van der Waals surface area contributed by atoms with E-state index in [2.05, 4.69) is 5.32 Å². The largest absolute Gasteiger partial charge is 0.491 e. The molecule has 0 radical (unpaired) electrons. The van der Waals surface area contributed by atoms with E-state index in [0.717, 1.165) is 12.0 Å². The monoisotopic (exact) mass is 280 g/mol. The molecule has 1 aromatic carbocycles. The molecule has 112 valence electrons. The zero-order chi connectivity index (χ0) is 15.0. The fourth-order valence-electron chi connectivity index (χ4n) is 1.72. The highest BCUT2D eigenvalue weighted by Gasteiger charge is 2.14.